The van der Waals surface area contributed by atoms with Crippen LogP contribution in [0.5, 0.6) is 0 Å². The van der Waals surface area contributed by atoms with Gasteiger partial charge in [-0.05, 0) is 42.4 Å². The van der Waals surface area contributed by atoms with Gasteiger partial charge in [0.2, 0.25) is 0 Å². The first-order valence-electron chi connectivity index (χ1n) is 8.02. The zero-order valence-electron chi connectivity index (χ0n) is 14.0. The second kappa shape index (κ2) is 7.75. The molecule has 2 aromatic carbocycles. The van der Waals surface area contributed by atoms with Gasteiger partial charge in [-0.3, -0.25) is 20.4 Å². The highest BCUT2D eigenvalue weighted by atomic mass is 32.1. The monoisotopic (exact) mass is 367 g/mol. The molecule has 1 aromatic heterocycles. The van der Waals surface area contributed by atoms with Crippen LogP contribution < -0.4 is 21.7 Å². The maximum Gasteiger partial charge on any atom is 0.290 e. The summed E-state index contributed by atoms with van der Waals surface area (Å²) < 4.78 is 0. The Morgan fingerprint density at radius 1 is 1.08 bits per heavy atom. The van der Waals surface area contributed by atoms with Crippen LogP contribution in [-0.4, -0.2) is 21.2 Å². The number of aromatic amines is 1. The van der Waals surface area contributed by atoms with Crippen molar-refractivity contribution in [3.63, 3.8) is 0 Å². The van der Waals surface area contributed by atoms with E-state index in [2.05, 4.69) is 33.3 Å². The Kier molecular flexibility index (Phi) is 5.23. The number of carbonyl (C=O) groups is 1. The molecule has 132 valence electrons. The van der Waals surface area contributed by atoms with Crippen LogP contribution >= 0.6 is 12.2 Å². The van der Waals surface area contributed by atoms with E-state index in [0.29, 0.717) is 10.8 Å². The van der Waals surface area contributed by atoms with Crippen LogP contribution in [-0.2, 0) is 6.42 Å². The summed E-state index contributed by atoms with van der Waals surface area (Å²) in [6.07, 6.45) is 0.957. The lowest BCUT2D eigenvalue weighted by Crippen LogP contribution is -2.44. The van der Waals surface area contributed by atoms with E-state index in [1.54, 1.807) is 24.3 Å². The number of carbonyl (C=O) groups excluding carboxylic acids is 1. The summed E-state index contributed by atoms with van der Waals surface area (Å²) in [5.74, 6) is -0.511. The normalized spacial score (nSPS) is 10.3. The van der Waals surface area contributed by atoms with E-state index in [1.807, 2.05) is 24.3 Å². The Bertz CT molecular complexity index is 1010. The van der Waals surface area contributed by atoms with Crippen molar-refractivity contribution in [2.24, 2.45) is 0 Å². The van der Waals surface area contributed by atoms with Crippen molar-refractivity contribution in [1.82, 2.24) is 21.0 Å². The van der Waals surface area contributed by atoms with Gasteiger partial charge >= 0.3 is 0 Å². The molecule has 3 rings (SSSR count). The number of hydrazine groups is 1. The maximum atomic E-state index is 12.4. The van der Waals surface area contributed by atoms with Crippen LogP contribution in [0, 0.1) is 0 Å². The lowest BCUT2D eigenvalue weighted by molar-refractivity contribution is 0.0940. The highest BCUT2D eigenvalue weighted by molar-refractivity contribution is 7.80. The van der Waals surface area contributed by atoms with Crippen molar-refractivity contribution < 1.29 is 4.79 Å². The fraction of sp³-hybridized carbons (Fsp3) is 0.111. The number of aryl methyl sites for hydroxylation is 1. The standard InChI is InChI=1S/C18H17N5O2S/c1-2-11-7-9-12(10-8-11)19-18(26)23-22-17(25)15-13-5-3-4-6-14(13)16(24)21-20-15/h3-10H,2H2,1H3,(H,21,24)(H,22,25)(H2,19,23,26). The van der Waals surface area contributed by atoms with E-state index in [1.165, 1.54) is 5.56 Å². The number of anilines is 1. The molecule has 0 saturated heterocycles. The van der Waals surface area contributed by atoms with Crippen LogP contribution in [0.2, 0.25) is 0 Å². The molecular formula is C18H17N5O2S. The smallest absolute Gasteiger partial charge is 0.290 e. The van der Waals surface area contributed by atoms with Crippen LogP contribution in [0.4, 0.5) is 5.69 Å². The summed E-state index contributed by atoms with van der Waals surface area (Å²) in [4.78, 5) is 24.1. The van der Waals surface area contributed by atoms with Crippen LogP contribution in [0.1, 0.15) is 23.0 Å². The third-order valence-corrected chi connectivity index (χ3v) is 4.02. The van der Waals surface area contributed by atoms with E-state index in [9.17, 15) is 9.59 Å². The summed E-state index contributed by atoms with van der Waals surface area (Å²) in [5.41, 5.74) is 6.88. The molecule has 0 saturated carbocycles. The van der Waals surface area contributed by atoms with Gasteiger partial charge in [0, 0.05) is 11.1 Å². The van der Waals surface area contributed by atoms with Gasteiger partial charge in [0.25, 0.3) is 11.5 Å². The summed E-state index contributed by atoms with van der Waals surface area (Å²) in [6.45, 7) is 2.08. The fourth-order valence-corrected chi connectivity index (χ4v) is 2.62. The first-order chi connectivity index (χ1) is 12.6. The number of aromatic nitrogens is 2. The van der Waals surface area contributed by atoms with E-state index in [0.717, 1.165) is 12.1 Å². The van der Waals surface area contributed by atoms with Gasteiger partial charge in [-0.1, -0.05) is 37.3 Å². The van der Waals surface area contributed by atoms with Crippen molar-refractivity contribution in [2.45, 2.75) is 13.3 Å². The molecule has 1 heterocycles. The highest BCUT2D eigenvalue weighted by Gasteiger charge is 2.14. The third kappa shape index (κ3) is 3.86. The molecule has 3 aromatic rings. The minimum Gasteiger partial charge on any atom is -0.331 e. The van der Waals surface area contributed by atoms with Gasteiger partial charge in [0.15, 0.2) is 10.8 Å². The van der Waals surface area contributed by atoms with Gasteiger partial charge in [0.1, 0.15) is 0 Å². The number of nitrogens with zero attached hydrogens (tertiary/aromatic N) is 1. The lowest BCUT2D eigenvalue weighted by atomic mass is 10.1. The molecule has 8 heteroatoms. The minimum absolute atomic E-state index is 0.0998. The molecule has 0 atom stereocenters. The largest absolute Gasteiger partial charge is 0.331 e. The lowest BCUT2D eigenvalue weighted by Gasteiger charge is -2.12. The topological polar surface area (TPSA) is 98.9 Å². The number of hydrogen-bond acceptors (Lipinski definition) is 4. The molecule has 0 aliphatic heterocycles. The van der Waals surface area contributed by atoms with Crippen molar-refractivity contribution >= 4 is 39.7 Å². The number of nitrogens with one attached hydrogen (secondary N) is 4. The van der Waals surface area contributed by atoms with Crippen LogP contribution in [0.15, 0.2) is 53.3 Å². The fourth-order valence-electron chi connectivity index (χ4n) is 2.45. The number of rotatable bonds is 3. The second-order valence-corrected chi connectivity index (χ2v) is 5.94. The molecule has 1 amide bonds. The summed E-state index contributed by atoms with van der Waals surface area (Å²) in [7, 11) is 0. The molecule has 0 aliphatic rings. The predicted octanol–water partition coefficient (Wildman–Crippen LogP) is 2.12. The van der Waals surface area contributed by atoms with Gasteiger partial charge < -0.3 is 5.32 Å². The Morgan fingerprint density at radius 3 is 2.46 bits per heavy atom. The van der Waals surface area contributed by atoms with Crippen molar-refractivity contribution in [3.05, 3.63) is 70.1 Å². The molecule has 0 spiro atoms. The number of benzene rings is 2. The van der Waals surface area contributed by atoms with Crippen molar-refractivity contribution in [3.8, 4) is 0 Å². The Balaban J connectivity index is 1.66. The summed E-state index contributed by atoms with van der Waals surface area (Å²) >= 11 is 5.17. The van der Waals surface area contributed by atoms with Gasteiger partial charge in [-0.25, -0.2) is 5.10 Å². The molecule has 0 bridgehead atoms. The molecule has 0 fully saturated rings. The van der Waals surface area contributed by atoms with Gasteiger partial charge in [-0.2, -0.15) is 5.10 Å². The highest BCUT2D eigenvalue weighted by Crippen LogP contribution is 2.12. The number of H-pyrrole nitrogens is 1. The van der Waals surface area contributed by atoms with E-state index < -0.39 is 5.91 Å². The first-order valence-corrected chi connectivity index (χ1v) is 8.43. The van der Waals surface area contributed by atoms with E-state index >= 15 is 0 Å². The SMILES string of the molecule is CCc1ccc(NC(=S)NNC(=O)c2n[nH]c(=O)c3ccccc23)cc1. The summed E-state index contributed by atoms with van der Waals surface area (Å²) in [6, 6.07) is 14.6. The van der Waals surface area contributed by atoms with E-state index in [-0.39, 0.29) is 16.4 Å². The molecule has 0 unspecified atom stereocenters. The van der Waals surface area contributed by atoms with Gasteiger partial charge in [-0.15, -0.1) is 0 Å². The van der Waals surface area contributed by atoms with Crippen molar-refractivity contribution in [1.29, 1.82) is 0 Å². The molecule has 0 radical (unpaired) electrons. The Labute approximate surface area is 154 Å². The zero-order valence-corrected chi connectivity index (χ0v) is 14.8. The van der Waals surface area contributed by atoms with E-state index in [4.69, 9.17) is 12.2 Å². The van der Waals surface area contributed by atoms with Crippen LogP contribution in [0.3, 0.4) is 0 Å². The molecule has 4 N–H and O–H groups in total. The Morgan fingerprint density at radius 2 is 1.77 bits per heavy atom. The molecule has 0 aliphatic carbocycles. The quantitative estimate of drug-likeness (QED) is 0.418. The molecule has 7 nitrogen and oxygen atoms in total. The number of amides is 1. The average Bonchev–Trinajstić information content (AvgIpc) is 2.67. The van der Waals surface area contributed by atoms with Gasteiger partial charge in [0.05, 0.1) is 5.39 Å². The number of hydrogen-bond donors (Lipinski definition) is 4. The molecule has 26 heavy (non-hydrogen) atoms. The second-order valence-electron chi connectivity index (χ2n) is 5.53. The predicted molar refractivity (Wildman–Crippen MR) is 105 cm³/mol. The molecular weight excluding hydrogens is 350 g/mol. The van der Waals surface area contributed by atoms with Crippen LogP contribution in [0.25, 0.3) is 10.8 Å². The zero-order chi connectivity index (χ0) is 18.5. The Hall–Kier alpha value is -3.26. The minimum atomic E-state index is -0.511. The maximum absolute atomic E-state index is 12.4. The first kappa shape index (κ1) is 17.6. The average molecular weight is 367 g/mol. The number of thiocarbonyl (C=S) groups is 1. The summed E-state index contributed by atoms with van der Waals surface area (Å²) in [5, 5.41) is 10.2. The number of fused-ring (bicyclic) bond motifs is 1. The third-order valence-electron chi connectivity index (χ3n) is 3.82. The van der Waals surface area contributed by atoms with Crippen molar-refractivity contribution in [2.75, 3.05) is 5.32 Å².